The second kappa shape index (κ2) is 9.22. The van der Waals surface area contributed by atoms with E-state index >= 15 is 0 Å². The molecule has 0 bridgehead atoms. The van der Waals surface area contributed by atoms with Crippen molar-refractivity contribution in [2.24, 2.45) is 17.8 Å². The molecule has 34 heavy (non-hydrogen) atoms. The first-order chi connectivity index (χ1) is 16.3. The van der Waals surface area contributed by atoms with E-state index in [0.717, 1.165) is 16.7 Å². The van der Waals surface area contributed by atoms with Crippen LogP contribution < -0.4 is 10.1 Å². The van der Waals surface area contributed by atoms with Gasteiger partial charge in [-0.1, -0.05) is 56.3 Å². The van der Waals surface area contributed by atoms with Crippen LogP contribution in [0.4, 0.5) is 0 Å². The van der Waals surface area contributed by atoms with Gasteiger partial charge in [0, 0.05) is 18.2 Å². The third-order valence-electron chi connectivity index (χ3n) is 7.01. The van der Waals surface area contributed by atoms with Crippen LogP contribution in [-0.2, 0) is 19.1 Å². The molecular formula is C27H32N2O5. The fourth-order valence-electron chi connectivity index (χ4n) is 5.70. The number of nitrogens with one attached hydrogen (secondary N) is 1. The highest BCUT2D eigenvalue weighted by molar-refractivity contribution is 6.09. The molecule has 3 unspecified atom stereocenters. The summed E-state index contributed by atoms with van der Waals surface area (Å²) in [6, 6.07) is 15.1. The first kappa shape index (κ1) is 24.0. The summed E-state index contributed by atoms with van der Waals surface area (Å²) in [6.45, 7) is 6.03. The number of likely N-dealkylation sites (tertiary alicyclic amines) is 1. The third kappa shape index (κ3) is 3.68. The van der Waals surface area contributed by atoms with Crippen LogP contribution in [-0.4, -0.2) is 49.0 Å². The topological polar surface area (TPSA) is 84.9 Å². The Kier molecular flexibility index (Phi) is 6.49. The van der Waals surface area contributed by atoms with Crippen LogP contribution in [0.15, 0.2) is 48.5 Å². The number of ether oxygens (including phenoxy) is 2. The van der Waals surface area contributed by atoms with Gasteiger partial charge >= 0.3 is 5.97 Å². The van der Waals surface area contributed by atoms with Gasteiger partial charge in [-0.2, -0.15) is 0 Å². The Morgan fingerprint density at radius 2 is 1.79 bits per heavy atom. The summed E-state index contributed by atoms with van der Waals surface area (Å²) in [5, 5.41) is 3.42. The molecule has 2 heterocycles. The van der Waals surface area contributed by atoms with Crippen molar-refractivity contribution in [1.82, 2.24) is 10.2 Å². The Bertz CT molecular complexity index is 1100. The molecule has 2 aromatic carbocycles. The van der Waals surface area contributed by atoms with Crippen LogP contribution in [0.25, 0.3) is 11.1 Å². The van der Waals surface area contributed by atoms with Gasteiger partial charge in [0.2, 0.25) is 11.8 Å². The minimum Gasteiger partial charge on any atom is -0.496 e. The van der Waals surface area contributed by atoms with Gasteiger partial charge in [0.1, 0.15) is 11.3 Å². The largest absolute Gasteiger partial charge is 0.496 e. The number of esters is 1. The number of carbonyl (C=O) groups is 3. The van der Waals surface area contributed by atoms with Crippen molar-refractivity contribution in [2.45, 2.75) is 38.8 Å². The van der Waals surface area contributed by atoms with Gasteiger partial charge in [0.05, 0.1) is 26.1 Å². The first-order valence-corrected chi connectivity index (χ1v) is 11.7. The minimum atomic E-state index is -1.28. The average molecular weight is 465 g/mol. The van der Waals surface area contributed by atoms with Crippen LogP contribution >= 0.6 is 0 Å². The molecular weight excluding hydrogens is 432 g/mol. The Morgan fingerprint density at radius 3 is 2.38 bits per heavy atom. The zero-order chi connectivity index (χ0) is 24.6. The highest BCUT2D eigenvalue weighted by Crippen LogP contribution is 2.51. The molecule has 2 saturated heterocycles. The predicted molar refractivity (Wildman–Crippen MR) is 128 cm³/mol. The summed E-state index contributed by atoms with van der Waals surface area (Å²) >= 11 is 0. The van der Waals surface area contributed by atoms with Crippen molar-refractivity contribution in [3.05, 3.63) is 54.1 Å². The van der Waals surface area contributed by atoms with Crippen molar-refractivity contribution in [2.75, 3.05) is 20.8 Å². The van der Waals surface area contributed by atoms with Gasteiger partial charge < -0.3 is 9.47 Å². The standard InChI is InChI=1S/C27H32N2O5/c1-6-29-24(30)21-22(25(29)31)27(15-16(2)3,26(32)34-5)28-23(21)18-12-13-19(20(14-18)33-4)17-10-8-7-9-11-17/h7-14,16,21-23,28H,6,15H2,1-5H3/t21?,22?,23?,27-/m1/s1. The van der Waals surface area contributed by atoms with Gasteiger partial charge in [-0.3, -0.25) is 24.6 Å². The smallest absolute Gasteiger partial charge is 0.326 e. The van der Waals surface area contributed by atoms with E-state index in [-0.39, 0.29) is 24.3 Å². The Balaban J connectivity index is 1.84. The van der Waals surface area contributed by atoms with Crippen LogP contribution in [0.3, 0.4) is 0 Å². The minimum absolute atomic E-state index is 0.0968. The number of methoxy groups -OCH3 is 2. The van der Waals surface area contributed by atoms with Gasteiger partial charge in [-0.25, -0.2) is 0 Å². The van der Waals surface area contributed by atoms with Gasteiger partial charge in [0.15, 0.2) is 0 Å². The van der Waals surface area contributed by atoms with E-state index in [1.807, 2.05) is 62.4 Å². The molecule has 0 radical (unpaired) electrons. The second-order valence-corrected chi connectivity index (χ2v) is 9.43. The highest BCUT2D eigenvalue weighted by Gasteiger charge is 2.68. The van der Waals surface area contributed by atoms with Crippen LogP contribution in [0, 0.1) is 17.8 Å². The molecule has 180 valence electrons. The monoisotopic (exact) mass is 464 g/mol. The number of amides is 2. The van der Waals surface area contributed by atoms with E-state index in [1.165, 1.54) is 12.0 Å². The van der Waals surface area contributed by atoms with E-state index in [4.69, 9.17) is 9.47 Å². The molecule has 2 amide bonds. The van der Waals surface area contributed by atoms with Crippen molar-refractivity contribution >= 4 is 17.8 Å². The summed E-state index contributed by atoms with van der Waals surface area (Å²) < 4.78 is 10.9. The first-order valence-electron chi connectivity index (χ1n) is 11.7. The molecule has 7 heteroatoms. The lowest BCUT2D eigenvalue weighted by molar-refractivity contribution is -0.155. The Labute approximate surface area is 200 Å². The number of fused-ring (bicyclic) bond motifs is 1. The number of hydrogen-bond donors (Lipinski definition) is 1. The molecule has 4 rings (SSSR count). The van der Waals surface area contributed by atoms with E-state index in [0.29, 0.717) is 12.2 Å². The molecule has 2 fully saturated rings. The molecule has 7 nitrogen and oxygen atoms in total. The number of imide groups is 1. The molecule has 0 aliphatic carbocycles. The molecule has 4 atom stereocenters. The zero-order valence-electron chi connectivity index (χ0n) is 20.3. The number of nitrogens with zero attached hydrogens (tertiary/aromatic N) is 1. The lowest BCUT2D eigenvalue weighted by Gasteiger charge is -2.33. The number of rotatable bonds is 7. The Morgan fingerprint density at radius 1 is 1.09 bits per heavy atom. The summed E-state index contributed by atoms with van der Waals surface area (Å²) in [6.07, 6.45) is 0.382. The van der Waals surface area contributed by atoms with Crippen molar-refractivity contribution in [1.29, 1.82) is 0 Å². The molecule has 2 aromatic rings. The van der Waals surface area contributed by atoms with Crippen LogP contribution in [0.5, 0.6) is 5.75 Å². The fraction of sp³-hybridized carbons (Fsp3) is 0.444. The van der Waals surface area contributed by atoms with E-state index in [9.17, 15) is 14.4 Å². The average Bonchev–Trinajstić information content (AvgIpc) is 3.31. The van der Waals surface area contributed by atoms with Gasteiger partial charge in [-0.05, 0) is 36.5 Å². The van der Waals surface area contributed by atoms with Gasteiger partial charge in [0.25, 0.3) is 0 Å². The maximum Gasteiger partial charge on any atom is 0.326 e. The summed E-state index contributed by atoms with van der Waals surface area (Å²) in [5.74, 6) is -1.84. The normalized spacial score (nSPS) is 26.2. The van der Waals surface area contributed by atoms with E-state index in [1.54, 1.807) is 14.0 Å². The number of carbonyl (C=O) groups excluding carboxylic acids is 3. The lowest BCUT2D eigenvalue weighted by Crippen LogP contribution is -2.57. The van der Waals surface area contributed by atoms with Crippen molar-refractivity contribution < 1.29 is 23.9 Å². The molecule has 0 aromatic heterocycles. The second-order valence-electron chi connectivity index (χ2n) is 9.43. The maximum atomic E-state index is 13.4. The van der Waals surface area contributed by atoms with Gasteiger partial charge in [-0.15, -0.1) is 0 Å². The molecule has 2 aliphatic rings. The number of benzene rings is 2. The molecule has 1 N–H and O–H groups in total. The summed E-state index contributed by atoms with van der Waals surface area (Å²) in [5.41, 5.74) is 1.45. The zero-order valence-corrected chi connectivity index (χ0v) is 20.3. The predicted octanol–water partition coefficient (Wildman–Crippen LogP) is 3.59. The highest BCUT2D eigenvalue weighted by atomic mass is 16.5. The third-order valence-corrected chi connectivity index (χ3v) is 7.01. The Hall–Kier alpha value is -3.19. The van der Waals surface area contributed by atoms with Crippen molar-refractivity contribution in [3.63, 3.8) is 0 Å². The lowest BCUT2D eigenvalue weighted by atomic mass is 9.75. The maximum absolute atomic E-state index is 13.4. The van der Waals surface area contributed by atoms with E-state index < -0.39 is 29.4 Å². The van der Waals surface area contributed by atoms with Crippen molar-refractivity contribution in [3.8, 4) is 16.9 Å². The molecule has 2 aliphatic heterocycles. The fourth-order valence-corrected chi connectivity index (χ4v) is 5.70. The van der Waals surface area contributed by atoms with Crippen LogP contribution in [0.1, 0.15) is 38.8 Å². The SMILES string of the molecule is CCN1C(=O)C2C(c3ccc(-c4ccccc4)c(OC)c3)N[C@@](CC(C)C)(C(=O)OC)C2C1=O. The summed E-state index contributed by atoms with van der Waals surface area (Å²) in [4.78, 5) is 41.3. The number of hydrogen-bond acceptors (Lipinski definition) is 6. The molecule has 0 spiro atoms. The van der Waals surface area contributed by atoms with E-state index in [2.05, 4.69) is 5.32 Å². The molecule has 0 saturated carbocycles. The quantitative estimate of drug-likeness (QED) is 0.498. The summed E-state index contributed by atoms with van der Waals surface area (Å²) in [7, 11) is 2.93. The van der Waals surface area contributed by atoms with Crippen LogP contribution in [0.2, 0.25) is 0 Å².